The molecular formula is C52H92BrP. The molecule has 2 aromatic carbocycles. The van der Waals surface area contributed by atoms with Gasteiger partial charge in [0.2, 0.25) is 0 Å². The molecule has 0 radical (unpaired) electrons. The van der Waals surface area contributed by atoms with Gasteiger partial charge in [-0.2, -0.15) is 0 Å². The van der Waals surface area contributed by atoms with Gasteiger partial charge in [-0.1, -0.05) is 104 Å². The van der Waals surface area contributed by atoms with Crippen molar-refractivity contribution in [2.24, 2.45) is 0 Å². The van der Waals surface area contributed by atoms with Gasteiger partial charge < -0.3 is 0 Å². The number of halogens is 1. The summed E-state index contributed by atoms with van der Waals surface area (Å²) in [6.07, 6.45) is 54.3. The van der Waals surface area contributed by atoms with E-state index in [0.717, 1.165) is 0 Å². The molecule has 2 rings (SSSR count). The van der Waals surface area contributed by atoms with E-state index in [1.807, 2.05) is 0 Å². The minimum atomic E-state index is -2.47. The molecule has 312 valence electrons. The summed E-state index contributed by atoms with van der Waals surface area (Å²) >= 11 is 4.74. The van der Waals surface area contributed by atoms with Crippen LogP contribution in [0.3, 0.4) is 0 Å². The Morgan fingerprint density at radius 1 is 0.278 bits per heavy atom. The van der Waals surface area contributed by atoms with Gasteiger partial charge in [-0.25, -0.2) is 0 Å². The van der Waals surface area contributed by atoms with Crippen molar-refractivity contribution in [3.63, 3.8) is 0 Å². The van der Waals surface area contributed by atoms with Crippen LogP contribution in [0, 0.1) is 0 Å². The van der Waals surface area contributed by atoms with Crippen molar-refractivity contribution >= 4 is 31.4 Å². The Morgan fingerprint density at radius 3 is 0.667 bits per heavy atom. The number of hydrogen-bond acceptors (Lipinski definition) is 0. The maximum atomic E-state index is 4.74. The van der Waals surface area contributed by atoms with Gasteiger partial charge in [0.1, 0.15) is 0 Å². The Balaban J connectivity index is 1.64. The second kappa shape index (κ2) is 34.4. The Morgan fingerprint density at radius 2 is 0.463 bits per heavy atom. The van der Waals surface area contributed by atoms with Crippen molar-refractivity contribution in [1.82, 2.24) is 0 Å². The summed E-state index contributed by atoms with van der Waals surface area (Å²) in [7, 11) is 0. The molecule has 0 heterocycles. The van der Waals surface area contributed by atoms with E-state index in [9.17, 15) is 0 Å². The SMILES string of the molecule is CCCCCCCCCCCCCCCCCCCCP(Br)(CCCCCCCCCCCCCCCCCCCC)(c1ccccc1)c1ccccc1. The molecule has 2 aromatic rings. The van der Waals surface area contributed by atoms with E-state index in [0.29, 0.717) is 0 Å². The van der Waals surface area contributed by atoms with Crippen molar-refractivity contribution in [3.8, 4) is 0 Å². The maximum absolute atomic E-state index is 4.74. The summed E-state index contributed by atoms with van der Waals surface area (Å²) in [6.45, 7) is 4.62. The number of unbranched alkanes of at least 4 members (excludes halogenated alkanes) is 34. The van der Waals surface area contributed by atoms with E-state index in [4.69, 9.17) is 15.5 Å². The van der Waals surface area contributed by atoms with Gasteiger partial charge >= 0.3 is 246 Å². The van der Waals surface area contributed by atoms with Crippen molar-refractivity contribution in [3.05, 3.63) is 60.7 Å². The molecule has 0 aliphatic carbocycles. The van der Waals surface area contributed by atoms with Crippen LogP contribution in [0.25, 0.3) is 0 Å². The van der Waals surface area contributed by atoms with E-state index in [1.165, 1.54) is 243 Å². The van der Waals surface area contributed by atoms with Crippen LogP contribution in [0.15, 0.2) is 60.7 Å². The van der Waals surface area contributed by atoms with Crippen molar-refractivity contribution < 1.29 is 0 Å². The van der Waals surface area contributed by atoms with Crippen LogP contribution in [0.2, 0.25) is 0 Å². The van der Waals surface area contributed by atoms with Crippen LogP contribution in [-0.2, 0) is 0 Å². The first kappa shape index (κ1) is 49.5. The van der Waals surface area contributed by atoms with Crippen molar-refractivity contribution in [2.45, 2.75) is 245 Å². The molecule has 54 heavy (non-hydrogen) atoms. The monoisotopic (exact) mass is 827 g/mol. The Hall–Kier alpha value is -0.650. The van der Waals surface area contributed by atoms with E-state index in [-0.39, 0.29) is 0 Å². The van der Waals surface area contributed by atoms with Gasteiger partial charge in [-0.3, -0.25) is 0 Å². The van der Waals surface area contributed by atoms with E-state index in [1.54, 1.807) is 10.6 Å². The molecule has 0 unspecified atom stereocenters. The van der Waals surface area contributed by atoms with Crippen LogP contribution < -0.4 is 10.6 Å². The quantitative estimate of drug-likeness (QED) is 0.0464. The van der Waals surface area contributed by atoms with Gasteiger partial charge in [0.25, 0.3) is 0 Å². The zero-order chi connectivity index (χ0) is 38.5. The molecule has 0 aromatic heterocycles. The van der Waals surface area contributed by atoms with Gasteiger partial charge in [-0.15, -0.1) is 0 Å². The van der Waals surface area contributed by atoms with Crippen LogP contribution in [0.4, 0.5) is 0 Å². The third-order valence-electron chi connectivity index (χ3n) is 12.7. The fourth-order valence-corrected chi connectivity index (χ4v) is 17.0. The van der Waals surface area contributed by atoms with Crippen LogP contribution in [0.5, 0.6) is 0 Å². The first-order valence-electron chi connectivity index (χ1n) is 24.5. The van der Waals surface area contributed by atoms with Crippen molar-refractivity contribution in [1.29, 1.82) is 0 Å². The van der Waals surface area contributed by atoms with Crippen LogP contribution >= 0.6 is 20.8 Å². The summed E-state index contributed by atoms with van der Waals surface area (Å²) in [5, 5.41) is 0.686. The summed E-state index contributed by atoms with van der Waals surface area (Å²) in [5.74, 6) is 0. The van der Waals surface area contributed by atoms with Gasteiger partial charge in [0.15, 0.2) is 0 Å². The average Bonchev–Trinajstić information content (AvgIpc) is 3.20. The van der Waals surface area contributed by atoms with Gasteiger partial charge in [0.05, 0.1) is 0 Å². The molecule has 0 aliphatic heterocycles. The van der Waals surface area contributed by atoms with Crippen LogP contribution in [-0.4, -0.2) is 12.3 Å². The molecule has 0 saturated carbocycles. The molecule has 0 aliphatic rings. The molecule has 0 spiro atoms. The van der Waals surface area contributed by atoms with E-state index in [2.05, 4.69) is 74.5 Å². The standard InChI is InChI=1S/C52H92BrP/c1-3-5-7-9-11-13-15-17-19-21-23-25-27-29-31-33-35-43-49-54(53,51-45-39-37-40-46-51,52-47-41-38-42-48-52)50-44-36-34-32-30-28-26-24-22-20-18-16-14-12-10-8-6-4-2/h37-42,45-48H,3-36,43-44,49-50H2,1-2H3. The second-order valence-electron chi connectivity index (χ2n) is 17.5. The van der Waals surface area contributed by atoms with Crippen LogP contribution in [0.1, 0.15) is 245 Å². The first-order valence-corrected chi connectivity index (χ1v) is 29.1. The third kappa shape index (κ3) is 22.9. The fourth-order valence-electron chi connectivity index (χ4n) is 9.00. The first-order chi connectivity index (χ1) is 26.6. The Bertz CT molecular complexity index is 967. The summed E-state index contributed by atoms with van der Waals surface area (Å²) in [4.78, 5) is 0. The van der Waals surface area contributed by atoms with E-state index >= 15 is 0 Å². The Labute approximate surface area is 347 Å². The van der Waals surface area contributed by atoms with Gasteiger partial charge in [-0.05, 0) is 0 Å². The number of hydrogen-bond donors (Lipinski definition) is 0. The Kier molecular flexibility index (Phi) is 31.5. The molecule has 2 heteroatoms. The van der Waals surface area contributed by atoms with Crippen molar-refractivity contribution in [2.75, 3.05) is 12.3 Å². The summed E-state index contributed by atoms with van der Waals surface area (Å²) in [5.41, 5.74) is 0. The fraction of sp³-hybridized carbons (Fsp3) is 0.769. The third-order valence-corrected chi connectivity index (χ3v) is 22.7. The molecule has 0 atom stereocenters. The van der Waals surface area contributed by atoms with E-state index < -0.39 is 5.31 Å². The zero-order valence-electron chi connectivity index (χ0n) is 36.5. The van der Waals surface area contributed by atoms with Gasteiger partial charge in [0, 0.05) is 0 Å². The number of rotatable bonds is 40. The molecule has 0 fully saturated rings. The average molecular weight is 828 g/mol. The molecular weight excluding hydrogens is 735 g/mol. The molecule has 0 saturated heterocycles. The normalized spacial score (nSPS) is 12.6. The summed E-state index contributed by atoms with van der Waals surface area (Å²) in [6, 6.07) is 23.3. The topological polar surface area (TPSA) is 0 Å². The molecule has 0 amide bonds. The zero-order valence-corrected chi connectivity index (χ0v) is 38.9. The molecule has 0 bridgehead atoms. The predicted octanol–water partition coefficient (Wildman–Crippen LogP) is 18.6. The molecule has 0 N–H and O–H groups in total. The minimum absolute atomic E-state index is 1.30. The predicted molar refractivity (Wildman–Crippen MR) is 255 cm³/mol. The second-order valence-corrected chi connectivity index (χ2v) is 27.3. The number of benzene rings is 2. The molecule has 0 nitrogen and oxygen atoms in total. The summed E-state index contributed by atoms with van der Waals surface area (Å²) < 4.78 is 0.